The summed E-state index contributed by atoms with van der Waals surface area (Å²) in [4.78, 5) is 8.41. The molecule has 0 saturated carbocycles. The maximum absolute atomic E-state index is 6.10. The van der Waals surface area contributed by atoms with Crippen LogP contribution in [0.5, 0.6) is 0 Å². The van der Waals surface area contributed by atoms with Crippen molar-refractivity contribution >= 4 is 38.4 Å². The first kappa shape index (κ1) is 15.6. The van der Waals surface area contributed by atoms with Crippen molar-refractivity contribution < 1.29 is 7.56 Å². The summed E-state index contributed by atoms with van der Waals surface area (Å²) in [5.41, 5.74) is 0. The molecular formula is C10H22O3Sn2. The number of hydrogen-bond acceptors (Lipinski definition) is 3. The zero-order valence-electron chi connectivity index (χ0n) is 10.5. The van der Waals surface area contributed by atoms with Gasteiger partial charge in [0.05, 0.1) is 0 Å². The fourth-order valence-electron chi connectivity index (χ4n) is 1.10. The molecule has 0 aliphatic rings. The molecule has 0 fully saturated rings. The summed E-state index contributed by atoms with van der Waals surface area (Å²) in [5, 5.41) is 0. The second-order valence-electron chi connectivity index (χ2n) is 4.08. The van der Waals surface area contributed by atoms with Crippen LogP contribution in [0.15, 0.2) is 24.7 Å². The van der Waals surface area contributed by atoms with E-state index >= 15 is 0 Å². The third kappa shape index (κ3) is 8.45. The van der Waals surface area contributed by atoms with Crippen molar-refractivity contribution in [2.75, 3.05) is 0 Å². The molecule has 0 rings (SSSR count). The van der Waals surface area contributed by atoms with Gasteiger partial charge in [-0.3, -0.25) is 0 Å². The first-order valence-electron chi connectivity index (χ1n) is 5.11. The minimum absolute atomic E-state index is 1.73. The Balaban J connectivity index is 4.28. The Morgan fingerprint density at radius 3 is 1.33 bits per heavy atom. The molecule has 0 aromatic heterocycles. The molecule has 0 radical (unpaired) electrons. The Hall–Kier alpha value is 0.637. The van der Waals surface area contributed by atoms with Crippen LogP contribution in [0, 0.1) is 0 Å². The predicted octanol–water partition coefficient (Wildman–Crippen LogP) is 3.51. The molecule has 0 aromatic rings. The van der Waals surface area contributed by atoms with E-state index in [4.69, 9.17) is 7.56 Å². The van der Waals surface area contributed by atoms with Gasteiger partial charge in [-0.05, 0) is 0 Å². The van der Waals surface area contributed by atoms with Gasteiger partial charge in [-0.1, -0.05) is 0 Å². The summed E-state index contributed by atoms with van der Waals surface area (Å²) in [5.74, 6) is 0. The Bertz CT molecular complexity index is 211. The topological polar surface area (TPSA) is 27.7 Å². The molecular weight excluding hydrogens is 406 g/mol. The van der Waals surface area contributed by atoms with Crippen molar-refractivity contribution in [3.8, 4) is 0 Å². The Morgan fingerprint density at radius 2 is 1.07 bits per heavy atom. The normalized spacial score (nSPS) is 13.7. The SMILES string of the molecule is CC=C[O][Sn]([CH3])([CH3])[O][Sn]([CH3])([CH3])[O]C=CC. The van der Waals surface area contributed by atoms with Gasteiger partial charge in [-0.15, -0.1) is 0 Å². The molecule has 0 aliphatic carbocycles. The molecule has 0 heterocycles. The molecule has 0 bridgehead atoms. The average Bonchev–Trinajstić information content (AvgIpc) is 2.10. The van der Waals surface area contributed by atoms with Gasteiger partial charge in [0, 0.05) is 0 Å². The van der Waals surface area contributed by atoms with Crippen LogP contribution in [0.4, 0.5) is 0 Å². The standard InChI is InChI=1S/2C3H6O.4CH3.O.2Sn/c2*1-2-3-4;;;;;;;/h2*2-4H,1H3;4*1H3;;;/q;;;;;;;2*+1/p-2. The fourth-order valence-corrected chi connectivity index (χ4v) is 31.9. The number of rotatable bonds is 6. The van der Waals surface area contributed by atoms with Crippen molar-refractivity contribution in [1.82, 2.24) is 0 Å². The third-order valence-electron chi connectivity index (χ3n) is 1.47. The summed E-state index contributed by atoms with van der Waals surface area (Å²) in [6.07, 6.45) is 7.23. The molecule has 0 saturated heterocycles. The van der Waals surface area contributed by atoms with Gasteiger partial charge in [0.2, 0.25) is 0 Å². The zero-order valence-corrected chi connectivity index (χ0v) is 16.2. The molecule has 0 atom stereocenters. The Morgan fingerprint density at radius 1 is 0.733 bits per heavy atom. The predicted molar refractivity (Wildman–Crippen MR) is 67.8 cm³/mol. The van der Waals surface area contributed by atoms with E-state index in [0.29, 0.717) is 0 Å². The monoisotopic (exact) mass is 430 g/mol. The number of hydrogen-bond donors (Lipinski definition) is 0. The van der Waals surface area contributed by atoms with Crippen molar-refractivity contribution in [2.24, 2.45) is 0 Å². The molecule has 3 nitrogen and oxygen atoms in total. The van der Waals surface area contributed by atoms with E-state index in [1.807, 2.05) is 26.0 Å². The first-order valence-corrected chi connectivity index (χ1v) is 21.2. The second-order valence-corrected chi connectivity index (χ2v) is 25.9. The van der Waals surface area contributed by atoms with Gasteiger partial charge >= 0.3 is 104 Å². The van der Waals surface area contributed by atoms with Crippen LogP contribution >= 0.6 is 0 Å². The maximum atomic E-state index is 6.10. The van der Waals surface area contributed by atoms with Crippen molar-refractivity contribution in [2.45, 2.75) is 33.6 Å². The Labute approximate surface area is 103 Å². The summed E-state index contributed by atoms with van der Waals surface area (Å²) in [7, 11) is 0. The van der Waals surface area contributed by atoms with E-state index in [-0.39, 0.29) is 0 Å². The van der Waals surface area contributed by atoms with E-state index in [2.05, 4.69) is 19.8 Å². The van der Waals surface area contributed by atoms with Crippen LogP contribution in [0.2, 0.25) is 19.8 Å². The van der Waals surface area contributed by atoms with Crippen molar-refractivity contribution in [3.63, 3.8) is 0 Å². The van der Waals surface area contributed by atoms with Crippen LogP contribution < -0.4 is 0 Å². The molecule has 0 aromatic carbocycles. The molecule has 0 aliphatic heterocycles. The van der Waals surface area contributed by atoms with E-state index in [1.54, 1.807) is 12.5 Å². The quantitative estimate of drug-likeness (QED) is 0.480. The van der Waals surface area contributed by atoms with Crippen LogP contribution in [0.25, 0.3) is 0 Å². The van der Waals surface area contributed by atoms with E-state index in [0.717, 1.165) is 0 Å². The zero-order chi connectivity index (χ0) is 11.9. The number of allylic oxidation sites excluding steroid dienone is 2. The van der Waals surface area contributed by atoms with Crippen molar-refractivity contribution in [3.05, 3.63) is 24.7 Å². The van der Waals surface area contributed by atoms with Crippen LogP contribution in [-0.4, -0.2) is 38.4 Å². The van der Waals surface area contributed by atoms with Gasteiger partial charge in [-0.25, -0.2) is 0 Å². The summed E-state index contributed by atoms with van der Waals surface area (Å²) in [6, 6.07) is 0. The van der Waals surface area contributed by atoms with Crippen LogP contribution in [-0.2, 0) is 7.56 Å². The summed E-state index contributed by atoms with van der Waals surface area (Å²) >= 11 is -5.60. The molecule has 15 heavy (non-hydrogen) atoms. The average molecular weight is 428 g/mol. The molecule has 0 N–H and O–H groups in total. The van der Waals surface area contributed by atoms with Gasteiger partial charge in [0.15, 0.2) is 0 Å². The summed E-state index contributed by atoms with van der Waals surface area (Å²) in [6.45, 7) is 3.87. The van der Waals surface area contributed by atoms with E-state index in [9.17, 15) is 0 Å². The fraction of sp³-hybridized carbons (Fsp3) is 0.600. The summed E-state index contributed by atoms with van der Waals surface area (Å²) < 4.78 is 17.4. The molecule has 5 heteroatoms. The van der Waals surface area contributed by atoms with Gasteiger partial charge in [0.25, 0.3) is 0 Å². The molecule has 0 amide bonds. The van der Waals surface area contributed by atoms with Gasteiger partial charge < -0.3 is 0 Å². The van der Waals surface area contributed by atoms with E-state index < -0.39 is 38.4 Å². The first-order chi connectivity index (χ1) is 6.83. The van der Waals surface area contributed by atoms with Gasteiger partial charge in [-0.2, -0.15) is 0 Å². The molecule has 0 unspecified atom stereocenters. The van der Waals surface area contributed by atoms with Gasteiger partial charge in [0.1, 0.15) is 0 Å². The van der Waals surface area contributed by atoms with Crippen LogP contribution in [0.3, 0.4) is 0 Å². The van der Waals surface area contributed by atoms with E-state index in [1.165, 1.54) is 0 Å². The molecule has 0 spiro atoms. The third-order valence-corrected chi connectivity index (χ3v) is 27.1. The van der Waals surface area contributed by atoms with Crippen LogP contribution in [0.1, 0.15) is 13.8 Å². The minimum atomic E-state index is -2.80. The van der Waals surface area contributed by atoms with Crippen molar-refractivity contribution in [1.29, 1.82) is 0 Å². The molecule has 88 valence electrons. The second kappa shape index (κ2) is 7.06. The Kier molecular flexibility index (Phi) is 7.36.